The molecule has 110 valence electrons. The molecular weight excluding hydrogens is 254 g/mol. The average molecular weight is 283 g/mol. The van der Waals surface area contributed by atoms with Gasteiger partial charge in [0.2, 0.25) is 0 Å². The number of aromatic nitrogens is 2. The molecule has 0 radical (unpaired) electrons. The van der Waals surface area contributed by atoms with Crippen molar-refractivity contribution in [2.45, 2.75) is 64.3 Å². The Kier molecular flexibility index (Phi) is 6.94. The molecule has 0 amide bonds. The Morgan fingerprint density at radius 1 is 1.37 bits per heavy atom. The third-order valence-corrected chi connectivity index (χ3v) is 5.77. The molecule has 0 aliphatic carbocycles. The van der Waals surface area contributed by atoms with Crippen molar-refractivity contribution in [3.05, 3.63) is 18.0 Å². The third-order valence-electron chi connectivity index (χ3n) is 4.18. The first kappa shape index (κ1) is 16.6. The second-order valence-electron chi connectivity index (χ2n) is 5.24. The monoisotopic (exact) mass is 283 g/mol. The van der Waals surface area contributed by atoms with Gasteiger partial charge < -0.3 is 5.32 Å². The highest BCUT2D eigenvalue weighted by atomic mass is 32.2. The van der Waals surface area contributed by atoms with Gasteiger partial charge >= 0.3 is 0 Å². The number of hydrogen-bond acceptors (Lipinski definition) is 3. The van der Waals surface area contributed by atoms with Crippen LogP contribution in [-0.4, -0.2) is 27.3 Å². The molecule has 0 saturated carbocycles. The largest absolute Gasteiger partial charge is 0.310 e. The molecule has 0 aromatic carbocycles. The zero-order valence-electron chi connectivity index (χ0n) is 13.1. The van der Waals surface area contributed by atoms with Gasteiger partial charge in [-0.1, -0.05) is 20.8 Å². The maximum absolute atomic E-state index is 4.63. The van der Waals surface area contributed by atoms with Crippen molar-refractivity contribution in [3.8, 4) is 0 Å². The van der Waals surface area contributed by atoms with Crippen molar-refractivity contribution in [2.24, 2.45) is 0 Å². The van der Waals surface area contributed by atoms with Crippen molar-refractivity contribution in [1.82, 2.24) is 15.1 Å². The summed E-state index contributed by atoms with van der Waals surface area (Å²) in [7, 11) is 0. The molecule has 1 aromatic heterocycles. The van der Waals surface area contributed by atoms with E-state index in [0.29, 0.717) is 10.8 Å². The number of nitrogens with one attached hydrogen (secondary N) is 1. The van der Waals surface area contributed by atoms with Gasteiger partial charge in [-0.3, -0.25) is 4.68 Å². The Bertz CT molecular complexity index is 350. The van der Waals surface area contributed by atoms with E-state index in [0.717, 1.165) is 25.2 Å². The first-order valence-corrected chi connectivity index (χ1v) is 8.63. The van der Waals surface area contributed by atoms with Crippen LogP contribution in [0.15, 0.2) is 12.3 Å². The quantitative estimate of drug-likeness (QED) is 0.746. The topological polar surface area (TPSA) is 29.9 Å². The minimum absolute atomic E-state index is 0.374. The predicted molar refractivity (Wildman–Crippen MR) is 85.8 cm³/mol. The molecule has 1 heterocycles. The van der Waals surface area contributed by atoms with Gasteiger partial charge in [-0.15, -0.1) is 0 Å². The molecular formula is C15H29N3S. The summed E-state index contributed by atoms with van der Waals surface area (Å²) in [5.41, 5.74) is 1.14. The molecule has 19 heavy (non-hydrogen) atoms. The van der Waals surface area contributed by atoms with Gasteiger partial charge in [-0.25, -0.2) is 0 Å². The number of rotatable bonds is 9. The minimum Gasteiger partial charge on any atom is -0.310 e. The lowest BCUT2D eigenvalue weighted by atomic mass is 10.0. The summed E-state index contributed by atoms with van der Waals surface area (Å²) in [5, 5.41) is 8.19. The summed E-state index contributed by atoms with van der Waals surface area (Å²) in [5.74, 6) is 0. The molecule has 1 unspecified atom stereocenters. The highest BCUT2D eigenvalue weighted by Crippen LogP contribution is 2.29. The van der Waals surface area contributed by atoms with E-state index >= 15 is 0 Å². The highest BCUT2D eigenvalue weighted by molar-refractivity contribution is 8.00. The Morgan fingerprint density at radius 2 is 2.05 bits per heavy atom. The Balaban J connectivity index is 2.46. The Labute approximate surface area is 122 Å². The summed E-state index contributed by atoms with van der Waals surface area (Å²) in [4.78, 5) is 0. The molecule has 3 nitrogen and oxygen atoms in total. The van der Waals surface area contributed by atoms with Crippen LogP contribution < -0.4 is 5.32 Å². The van der Waals surface area contributed by atoms with Crippen LogP contribution in [0.4, 0.5) is 0 Å². The van der Waals surface area contributed by atoms with E-state index in [1.54, 1.807) is 0 Å². The lowest BCUT2D eigenvalue weighted by Gasteiger charge is -2.29. The molecule has 1 atom stereocenters. The molecule has 0 bridgehead atoms. The fraction of sp³-hybridized carbons (Fsp3) is 0.800. The van der Waals surface area contributed by atoms with E-state index in [2.05, 4.69) is 61.3 Å². The van der Waals surface area contributed by atoms with Crippen LogP contribution in [-0.2, 0) is 6.54 Å². The summed E-state index contributed by atoms with van der Waals surface area (Å²) in [6.07, 6.45) is 7.84. The minimum atomic E-state index is 0.374. The molecule has 0 spiro atoms. The van der Waals surface area contributed by atoms with Gasteiger partial charge in [-0.05, 0) is 38.5 Å². The maximum Gasteiger partial charge on any atom is 0.0762 e. The van der Waals surface area contributed by atoms with Gasteiger partial charge in [0.1, 0.15) is 0 Å². The van der Waals surface area contributed by atoms with Gasteiger partial charge in [0.05, 0.1) is 5.69 Å². The summed E-state index contributed by atoms with van der Waals surface area (Å²) in [6.45, 7) is 10.9. The standard InChI is InChI=1S/C15H29N3S/c1-6-13(4)18-10-9-14(17-18)11-16-12-15(7-2,8-3)19-5/h9-10,13,16H,6-8,11-12H2,1-5H3. The summed E-state index contributed by atoms with van der Waals surface area (Å²) >= 11 is 1.98. The molecule has 0 saturated heterocycles. The number of hydrogen-bond donors (Lipinski definition) is 1. The normalized spacial score (nSPS) is 13.7. The van der Waals surface area contributed by atoms with Crippen LogP contribution in [0.25, 0.3) is 0 Å². The van der Waals surface area contributed by atoms with Crippen molar-refractivity contribution < 1.29 is 0 Å². The maximum atomic E-state index is 4.63. The second-order valence-corrected chi connectivity index (χ2v) is 6.52. The van der Waals surface area contributed by atoms with E-state index in [1.807, 2.05) is 11.8 Å². The average Bonchev–Trinajstić information content (AvgIpc) is 2.92. The zero-order chi connectivity index (χ0) is 14.3. The smallest absolute Gasteiger partial charge is 0.0762 e. The first-order chi connectivity index (χ1) is 9.10. The molecule has 0 fully saturated rings. The SMILES string of the molecule is CCC(C)n1ccc(CNCC(CC)(CC)SC)n1. The van der Waals surface area contributed by atoms with Gasteiger partial charge in [0.25, 0.3) is 0 Å². The van der Waals surface area contributed by atoms with Crippen LogP contribution in [0.3, 0.4) is 0 Å². The third kappa shape index (κ3) is 4.53. The van der Waals surface area contributed by atoms with Crippen molar-refractivity contribution in [3.63, 3.8) is 0 Å². The van der Waals surface area contributed by atoms with E-state index in [1.165, 1.54) is 12.8 Å². The lowest BCUT2D eigenvalue weighted by molar-refractivity contribution is 0.464. The molecule has 4 heteroatoms. The molecule has 0 aliphatic rings. The van der Waals surface area contributed by atoms with E-state index in [9.17, 15) is 0 Å². The molecule has 1 N–H and O–H groups in total. The lowest BCUT2D eigenvalue weighted by Crippen LogP contribution is -2.36. The number of thioether (sulfide) groups is 1. The summed E-state index contributed by atoms with van der Waals surface area (Å²) in [6, 6.07) is 2.61. The van der Waals surface area contributed by atoms with Crippen molar-refractivity contribution in [2.75, 3.05) is 12.8 Å². The van der Waals surface area contributed by atoms with E-state index in [4.69, 9.17) is 0 Å². The molecule has 1 aromatic rings. The number of nitrogens with zero attached hydrogens (tertiary/aromatic N) is 2. The summed E-state index contributed by atoms with van der Waals surface area (Å²) < 4.78 is 2.44. The van der Waals surface area contributed by atoms with Gasteiger partial charge in [0, 0.05) is 30.1 Å². The van der Waals surface area contributed by atoms with Crippen molar-refractivity contribution >= 4 is 11.8 Å². The fourth-order valence-electron chi connectivity index (χ4n) is 2.18. The Hall–Kier alpha value is -0.480. The van der Waals surface area contributed by atoms with Crippen LogP contribution >= 0.6 is 11.8 Å². The van der Waals surface area contributed by atoms with E-state index in [-0.39, 0.29) is 0 Å². The predicted octanol–water partition coefficient (Wildman–Crippen LogP) is 3.87. The van der Waals surface area contributed by atoms with Crippen molar-refractivity contribution in [1.29, 1.82) is 0 Å². The molecule has 1 rings (SSSR count). The molecule has 0 aliphatic heterocycles. The van der Waals surface area contributed by atoms with Gasteiger partial charge in [-0.2, -0.15) is 16.9 Å². The Morgan fingerprint density at radius 3 is 2.58 bits per heavy atom. The zero-order valence-corrected chi connectivity index (χ0v) is 13.9. The van der Waals surface area contributed by atoms with E-state index < -0.39 is 0 Å². The second kappa shape index (κ2) is 7.95. The fourth-order valence-corrected chi connectivity index (χ4v) is 3.01. The van der Waals surface area contributed by atoms with Gasteiger partial charge in [0.15, 0.2) is 0 Å². The highest BCUT2D eigenvalue weighted by Gasteiger charge is 2.24. The van der Waals surface area contributed by atoms with Crippen LogP contribution in [0.1, 0.15) is 58.7 Å². The van der Waals surface area contributed by atoms with Crippen LogP contribution in [0.5, 0.6) is 0 Å². The first-order valence-electron chi connectivity index (χ1n) is 7.40. The van der Waals surface area contributed by atoms with Crippen LogP contribution in [0, 0.1) is 0 Å². The van der Waals surface area contributed by atoms with Crippen LogP contribution in [0.2, 0.25) is 0 Å².